The topological polar surface area (TPSA) is 0 Å². The van der Waals surface area contributed by atoms with E-state index in [0.717, 1.165) is 5.30 Å². The Morgan fingerprint density at radius 2 is 1.00 bits per heavy atom. The van der Waals surface area contributed by atoms with Crippen LogP contribution in [0.2, 0.25) is 15.1 Å². The van der Waals surface area contributed by atoms with Gasteiger partial charge in [0.15, 0.2) is 0 Å². The number of hydrogen-bond donors (Lipinski definition) is 0. The molecule has 0 radical (unpaired) electrons. The summed E-state index contributed by atoms with van der Waals surface area (Å²) in [6, 6.07) is 24.1. The minimum Gasteiger partial charge on any atom is -0.0842 e. The lowest BCUT2D eigenvalue weighted by molar-refractivity contribution is 1.73. The highest BCUT2D eigenvalue weighted by molar-refractivity contribution is 7.80. The van der Waals surface area contributed by atoms with Crippen LogP contribution in [0.25, 0.3) is 0 Å². The first kappa shape index (κ1) is 15.8. The first-order valence-corrected chi connectivity index (χ1v) is 9.19. The zero-order valence-electron chi connectivity index (χ0n) is 11.5. The number of hydrogen-bond acceptors (Lipinski definition) is 0. The predicted octanol–water partition coefficient (Wildman–Crippen LogP) is 5.41. The number of benzene rings is 3. The molecule has 0 N–H and O–H groups in total. The molecule has 0 bridgehead atoms. The molecule has 0 aliphatic carbocycles. The highest BCUT2D eigenvalue weighted by atomic mass is 35.5. The Hall–Kier alpha value is -1.04. The largest absolute Gasteiger partial charge is 0.0842 e. The van der Waals surface area contributed by atoms with Crippen LogP contribution in [-0.4, -0.2) is 0 Å². The smallest absolute Gasteiger partial charge is 0.0519 e. The van der Waals surface area contributed by atoms with Crippen LogP contribution in [0.3, 0.4) is 0 Å². The van der Waals surface area contributed by atoms with Gasteiger partial charge in [0.25, 0.3) is 0 Å². The van der Waals surface area contributed by atoms with Crippen LogP contribution in [0.5, 0.6) is 0 Å². The molecule has 0 saturated carbocycles. The van der Waals surface area contributed by atoms with Crippen LogP contribution < -0.4 is 15.9 Å². The molecular formula is C18H12Cl3P. The molecule has 0 atom stereocenters. The van der Waals surface area contributed by atoms with Crippen molar-refractivity contribution in [1.29, 1.82) is 0 Å². The van der Waals surface area contributed by atoms with Crippen molar-refractivity contribution in [3.05, 3.63) is 87.9 Å². The maximum atomic E-state index is 6.48. The second-order valence-corrected chi connectivity index (χ2v) is 8.13. The lowest BCUT2D eigenvalue weighted by atomic mass is 10.3. The molecule has 0 heterocycles. The van der Waals surface area contributed by atoms with Crippen molar-refractivity contribution in [3.63, 3.8) is 0 Å². The van der Waals surface area contributed by atoms with E-state index in [2.05, 4.69) is 24.3 Å². The molecule has 0 spiro atoms. The van der Waals surface area contributed by atoms with Gasteiger partial charge in [-0.3, -0.25) is 0 Å². The molecule has 3 rings (SSSR count). The molecular weight excluding hydrogens is 354 g/mol. The van der Waals surface area contributed by atoms with Crippen molar-refractivity contribution in [3.8, 4) is 0 Å². The molecule has 0 amide bonds. The molecule has 3 aromatic carbocycles. The van der Waals surface area contributed by atoms with Gasteiger partial charge in [-0.25, -0.2) is 0 Å². The number of rotatable bonds is 3. The van der Waals surface area contributed by atoms with E-state index in [-0.39, 0.29) is 0 Å². The van der Waals surface area contributed by atoms with Gasteiger partial charge in [0.2, 0.25) is 0 Å². The fourth-order valence-electron chi connectivity index (χ4n) is 2.31. The van der Waals surface area contributed by atoms with Gasteiger partial charge in [-0.05, 0) is 30.7 Å². The Bertz CT molecular complexity index is 710. The van der Waals surface area contributed by atoms with Crippen LogP contribution >= 0.6 is 42.7 Å². The quantitative estimate of drug-likeness (QED) is 0.545. The predicted molar refractivity (Wildman–Crippen MR) is 100 cm³/mol. The van der Waals surface area contributed by atoms with E-state index < -0.39 is 7.92 Å². The van der Waals surface area contributed by atoms with Gasteiger partial charge in [-0.15, -0.1) is 0 Å². The zero-order chi connectivity index (χ0) is 15.5. The summed E-state index contributed by atoms with van der Waals surface area (Å²) in [5, 5.41) is 5.12. The molecule has 0 aliphatic rings. The third-order valence-corrected chi connectivity index (χ3v) is 6.87. The van der Waals surface area contributed by atoms with Crippen molar-refractivity contribution in [1.82, 2.24) is 0 Å². The summed E-state index contributed by atoms with van der Waals surface area (Å²) in [7, 11) is -0.823. The Morgan fingerprint density at radius 1 is 0.591 bits per heavy atom. The standard InChI is InChI=1S/C18H12Cl3P/c19-13-11-16(20)18(17(21)12-13)22(14-7-3-1-4-8-14)15-9-5-2-6-10-15/h1-12H. The van der Waals surface area contributed by atoms with Gasteiger partial charge in [0, 0.05) is 10.3 Å². The van der Waals surface area contributed by atoms with Gasteiger partial charge in [-0.1, -0.05) is 95.5 Å². The van der Waals surface area contributed by atoms with Gasteiger partial charge < -0.3 is 0 Å². The van der Waals surface area contributed by atoms with Crippen LogP contribution in [0, 0.1) is 0 Å². The second kappa shape index (κ2) is 7.02. The molecule has 110 valence electrons. The molecule has 3 aromatic rings. The summed E-state index contributed by atoms with van der Waals surface area (Å²) < 4.78 is 0. The van der Waals surface area contributed by atoms with Crippen molar-refractivity contribution >= 4 is 58.6 Å². The molecule has 0 nitrogen and oxygen atoms in total. The minimum absolute atomic E-state index is 0.551. The Morgan fingerprint density at radius 3 is 1.41 bits per heavy atom. The molecule has 0 aromatic heterocycles. The summed E-state index contributed by atoms with van der Waals surface area (Å²) in [6.07, 6.45) is 0. The molecule has 0 fully saturated rings. The number of halogens is 3. The highest BCUT2D eigenvalue weighted by Crippen LogP contribution is 2.39. The van der Waals surface area contributed by atoms with E-state index in [0.29, 0.717) is 15.1 Å². The SMILES string of the molecule is Clc1cc(Cl)c(P(c2ccccc2)c2ccccc2)c(Cl)c1. The second-order valence-electron chi connectivity index (χ2n) is 4.72. The van der Waals surface area contributed by atoms with Gasteiger partial charge >= 0.3 is 0 Å². The van der Waals surface area contributed by atoms with Crippen LogP contribution in [0.4, 0.5) is 0 Å². The van der Waals surface area contributed by atoms with Gasteiger partial charge in [0.1, 0.15) is 0 Å². The van der Waals surface area contributed by atoms with Crippen LogP contribution in [0.1, 0.15) is 0 Å². The molecule has 0 saturated heterocycles. The van der Waals surface area contributed by atoms with Crippen molar-refractivity contribution in [2.75, 3.05) is 0 Å². The van der Waals surface area contributed by atoms with Crippen LogP contribution in [-0.2, 0) is 0 Å². The zero-order valence-corrected chi connectivity index (χ0v) is 14.7. The van der Waals surface area contributed by atoms with E-state index in [1.807, 2.05) is 36.4 Å². The Kier molecular flexibility index (Phi) is 5.06. The van der Waals surface area contributed by atoms with Gasteiger partial charge in [0.05, 0.1) is 10.0 Å². The van der Waals surface area contributed by atoms with E-state index in [1.165, 1.54) is 10.6 Å². The van der Waals surface area contributed by atoms with E-state index >= 15 is 0 Å². The Labute approximate surface area is 146 Å². The molecule has 4 heteroatoms. The summed E-state index contributed by atoms with van der Waals surface area (Å²) in [4.78, 5) is 0. The van der Waals surface area contributed by atoms with Crippen LogP contribution in [0.15, 0.2) is 72.8 Å². The normalized spacial score (nSPS) is 10.9. The monoisotopic (exact) mass is 364 g/mol. The maximum absolute atomic E-state index is 6.48. The summed E-state index contributed by atoms with van der Waals surface area (Å²) in [5.41, 5.74) is 0. The fourth-order valence-corrected chi connectivity index (χ4v) is 5.95. The minimum atomic E-state index is -0.823. The summed E-state index contributed by atoms with van der Waals surface area (Å²) >= 11 is 19.0. The third kappa shape index (κ3) is 3.31. The lowest BCUT2D eigenvalue weighted by Gasteiger charge is -2.21. The van der Waals surface area contributed by atoms with Crippen molar-refractivity contribution in [2.45, 2.75) is 0 Å². The lowest BCUT2D eigenvalue weighted by Crippen LogP contribution is -2.22. The van der Waals surface area contributed by atoms with E-state index in [9.17, 15) is 0 Å². The summed E-state index contributed by atoms with van der Waals surface area (Å²) in [6.45, 7) is 0. The molecule has 22 heavy (non-hydrogen) atoms. The average Bonchev–Trinajstić information content (AvgIpc) is 2.52. The molecule has 0 aliphatic heterocycles. The summed E-state index contributed by atoms with van der Waals surface area (Å²) in [5.74, 6) is 0. The maximum Gasteiger partial charge on any atom is 0.0519 e. The fraction of sp³-hybridized carbons (Fsp3) is 0. The van der Waals surface area contributed by atoms with Crippen molar-refractivity contribution < 1.29 is 0 Å². The Balaban J connectivity index is 2.24. The first-order chi connectivity index (χ1) is 10.7. The first-order valence-electron chi connectivity index (χ1n) is 6.71. The highest BCUT2D eigenvalue weighted by Gasteiger charge is 2.22. The molecule has 0 unspecified atom stereocenters. The average molecular weight is 366 g/mol. The third-order valence-electron chi connectivity index (χ3n) is 3.23. The van der Waals surface area contributed by atoms with Crippen molar-refractivity contribution in [2.24, 2.45) is 0 Å². The van der Waals surface area contributed by atoms with E-state index in [4.69, 9.17) is 34.8 Å². The van der Waals surface area contributed by atoms with Gasteiger partial charge in [-0.2, -0.15) is 0 Å². The van der Waals surface area contributed by atoms with E-state index in [1.54, 1.807) is 12.1 Å².